The fourth-order valence-electron chi connectivity index (χ4n) is 6.32. The highest BCUT2D eigenvalue weighted by Gasteiger charge is 2.19. The summed E-state index contributed by atoms with van der Waals surface area (Å²) in [5, 5.41) is 15.9. The van der Waals surface area contributed by atoms with Crippen molar-refractivity contribution in [3.63, 3.8) is 0 Å². The molecule has 0 heterocycles. The van der Waals surface area contributed by atoms with Gasteiger partial charge in [-0.3, -0.25) is 0 Å². The summed E-state index contributed by atoms with van der Waals surface area (Å²) in [4.78, 5) is 0. The Hall–Kier alpha value is -5.27. The Morgan fingerprint density at radius 3 is 1.60 bits per heavy atom. The third kappa shape index (κ3) is 4.22. The van der Waals surface area contributed by atoms with Crippen LogP contribution in [0.1, 0.15) is 18.1 Å². The molecule has 0 unspecified atom stereocenters. The Bertz CT molecular complexity index is 2120. The first-order valence-corrected chi connectivity index (χ1v) is 14.4. The highest BCUT2D eigenvalue weighted by atomic mass is 14.4. The molecule has 0 aromatic heterocycles. The lowest BCUT2D eigenvalue weighted by molar-refractivity contribution is 1.44. The Balaban J connectivity index is 1.55. The van der Waals surface area contributed by atoms with E-state index in [0.29, 0.717) is 5.71 Å². The summed E-state index contributed by atoms with van der Waals surface area (Å²) >= 11 is 0. The molecule has 0 radical (unpaired) electrons. The van der Waals surface area contributed by atoms with Gasteiger partial charge in [0, 0.05) is 5.56 Å². The molecule has 7 aromatic rings. The molecule has 42 heavy (non-hydrogen) atoms. The highest BCUT2D eigenvalue weighted by molar-refractivity contribution is 6.24. The Morgan fingerprint density at radius 2 is 1.00 bits per heavy atom. The molecule has 0 aliphatic rings. The van der Waals surface area contributed by atoms with Crippen LogP contribution in [-0.4, -0.2) is 5.71 Å². The van der Waals surface area contributed by atoms with Crippen molar-refractivity contribution in [2.24, 2.45) is 0 Å². The fraction of sp³-hybridized carbons (Fsp3) is 0.0488. The number of fused-ring (bicyclic) bond motifs is 3. The number of benzene rings is 7. The smallest absolute Gasteiger partial charge is 0.0635 e. The van der Waals surface area contributed by atoms with Crippen LogP contribution in [0, 0.1) is 12.3 Å². The van der Waals surface area contributed by atoms with E-state index < -0.39 is 0 Å². The topological polar surface area (TPSA) is 23.9 Å². The number of allylic oxidation sites excluding steroid dienone is 1. The number of rotatable bonds is 5. The number of hydrogen-bond acceptors (Lipinski definition) is 1. The van der Waals surface area contributed by atoms with E-state index >= 15 is 0 Å². The van der Waals surface area contributed by atoms with E-state index in [9.17, 15) is 0 Å². The van der Waals surface area contributed by atoms with Crippen molar-refractivity contribution < 1.29 is 0 Å². The van der Waals surface area contributed by atoms with Crippen LogP contribution >= 0.6 is 0 Å². The second-order valence-electron chi connectivity index (χ2n) is 11.1. The van der Waals surface area contributed by atoms with Crippen molar-refractivity contribution in [3.8, 4) is 33.4 Å². The molecule has 7 aromatic carbocycles. The summed E-state index contributed by atoms with van der Waals surface area (Å²) < 4.78 is 0. The van der Waals surface area contributed by atoms with E-state index in [0.717, 1.165) is 16.7 Å². The van der Waals surface area contributed by atoms with Gasteiger partial charge < -0.3 is 5.41 Å². The molecule has 0 fully saturated rings. The summed E-state index contributed by atoms with van der Waals surface area (Å²) in [7, 11) is 0. The lowest BCUT2D eigenvalue weighted by atomic mass is 9.83. The van der Waals surface area contributed by atoms with Crippen LogP contribution in [0.3, 0.4) is 0 Å². The zero-order valence-corrected chi connectivity index (χ0v) is 23.9. The molecule has 0 atom stereocenters. The largest absolute Gasteiger partial charge is 0.300 e. The van der Waals surface area contributed by atoms with Crippen molar-refractivity contribution in [1.29, 1.82) is 5.41 Å². The molecule has 0 spiro atoms. The molecule has 0 saturated heterocycles. The first-order chi connectivity index (χ1) is 20.5. The number of nitrogens with one attached hydrogen (secondary N) is 1. The Labute approximate surface area is 246 Å². The van der Waals surface area contributed by atoms with Gasteiger partial charge in [-0.25, -0.2) is 0 Å². The van der Waals surface area contributed by atoms with E-state index in [1.807, 2.05) is 13.0 Å². The molecule has 7 rings (SSSR count). The summed E-state index contributed by atoms with van der Waals surface area (Å²) in [5.41, 5.74) is 10.7. The van der Waals surface area contributed by atoms with Crippen LogP contribution in [0.4, 0.5) is 0 Å². The van der Waals surface area contributed by atoms with Crippen LogP contribution < -0.4 is 0 Å². The highest BCUT2D eigenvalue weighted by Crippen LogP contribution is 2.46. The summed E-state index contributed by atoms with van der Waals surface area (Å²) in [6.07, 6.45) is 0. The van der Waals surface area contributed by atoms with Crippen molar-refractivity contribution in [2.45, 2.75) is 13.8 Å². The molecule has 0 saturated carbocycles. The van der Waals surface area contributed by atoms with E-state index in [2.05, 4.69) is 141 Å². The van der Waals surface area contributed by atoms with Gasteiger partial charge in [0.15, 0.2) is 0 Å². The SMILES string of the molecule is C=C(C)C(=N)c1cccc(-c2c3ccccc3c(-c3cccc4c(-c5ccc(C)cc5)cccc34)c3ccccc23)c1. The quantitative estimate of drug-likeness (QED) is 0.167. The molecule has 0 bridgehead atoms. The summed E-state index contributed by atoms with van der Waals surface area (Å²) in [6.45, 7) is 8.03. The first kappa shape index (κ1) is 25.7. The van der Waals surface area contributed by atoms with Crippen molar-refractivity contribution in [2.75, 3.05) is 0 Å². The molecule has 0 aliphatic carbocycles. The maximum Gasteiger partial charge on any atom is 0.0635 e. The van der Waals surface area contributed by atoms with Crippen LogP contribution in [0.25, 0.3) is 65.7 Å². The zero-order valence-electron chi connectivity index (χ0n) is 23.9. The van der Waals surface area contributed by atoms with Gasteiger partial charge in [-0.15, -0.1) is 0 Å². The molecule has 200 valence electrons. The third-order valence-electron chi connectivity index (χ3n) is 8.35. The van der Waals surface area contributed by atoms with E-state index in [1.165, 1.54) is 65.7 Å². The maximum atomic E-state index is 8.58. The van der Waals surface area contributed by atoms with Gasteiger partial charge in [0.2, 0.25) is 0 Å². The maximum absolute atomic E-state index is 8.58. The summed E-state index contributed by atoms with van der Waals surface area (Å²) in [5.74, 6) is 0. The Morgan fingerprint density at radius 1 is 0.500 bits per heavy atom. The fourth-order valence-corrected chi connectivity index (χ4v) is 6.32. The average Bonchev–Trinajstić information content (AvgIpc) is 3.03. The van der Waals surface area contributed by atoms with Gasteiger partial charge in [-0.05, 0) is 91.2 Å². The van der Waals surface area contributed by atoms with Gasteiger partial charge in [-0.1, -0.05) is 140 Å². The second-order valence-corrected chi connectivity index (χ2v) is 11.1. The van der Waals surface area contributed by atoms with Crippen molar-refractivity contribution >= 4 is 38.0 Å². The van der Waals surface area contributed by atoms with Gasteiger partial charge in [0.25, 0.3) is 0 Å². The predicted molar refractivity (Wildman–Crippen MR) is 182 cm³/mol. The van der Waals surface area contributed by atoms with Gasteiger partial charge in [0.05, 0.1) is 5.71 Å². The standard InChI is InChI=1S/C41H31N/c1-26(2)41(42)30-12-8-11-29(25-30)39-35-13-4-6-15-37(35)40(38-16-7-5-14-36(38)39)34-20-10-18-32-31(17-9-19-33(32)34)28-23-21-27(3)22-24-28/h4-25,42H,1H2,2-3H3. The normalized spacial score (nSPS) is 11.3. The number of hydrogen-bond donors (Lipinski definition) is 1. The zero-order chi connectivity index (χ0) is 28.8. The molecule has 1 N–H and O–H groups in total. The van der Waals surface area contributed by atoms with Crippen LogP contribution in [-0.2, 0) is 0 Å². The second kappa shape index (κ2) is 10.3. The minimum Gasteiger partial charge on any atom is -0.300 e. The first-order valence-electron chi connectivity index (χ1n) is 14.4. The lowest BCUT2D eigenvalue weighted by Gasteiger charge is -2.19. The van der Waals surface area contributed by atoms with Crippen LogP contribution in [0.15, 0.2) is 146 Å². The van der Waals surface area contributed by atoms with Gasteiger partial charge in [-0.2, -0.15) is 0 Å². The van der Waals surface area contributed by atoms with Crippen molar-refractivity contribution in [3.05, 3.63) is 157 Å². The predicted octanol–water partition coefficient (Wildman–Crippen LogP) is 11.4. The number of aryl methyl sites for hydroxylation is 1. The van der Waals surface area contributed by atoms with Gasteiger partial charge >= 0.3 is 0 Å². The average molecular weight is 538 g/mol. The molecule has 1 heteroatoms. The van der Waals surface area contributed by atoms with Crippen molar-refractivity contribution in [1.82, 2.24) is 0 Å². The van der Waals surface area contributed by atoms with E-state index in [-0.39, 0.29) is 0 Å². The van der Waals surface area contributed by atoms with E-state index in [4.69, 9.17) is 5.41 Å². The molecular formula is C41H31N. The van der Waals surface area contributed by atoms with Crippen LogP contribution in [0.5, 0.6) is 0 Å². The molecule has 1 nitrogen and oxygen atoms in total. The van der Waals surface area contributed by atoms with E-state index in [1.54, 1.807) is 0 Å². The molecular weight excluding hydrogens is 506 g/mol. The van der Waals surface area contributed by atoms with Crippen LogP contribution in [0.2, 0.25) is 0 Å². The minimum atomic E-state index is 0.474. The minimum absolute atomic E-state index is 0.474. The summed E-state index contributed by atoms with van der Waals surface area (Å²) in [6, 6.07) is 48.0. The van der Waals surface area contributed by atoms with Gasteiger partial charge in [0.1, 0.15) is 0 Å². The Kier molecular flexibility index (Phi) is 6.29. The molecule has 0 aliphatic heterocycles. The molecule has 0 amide bonds. The third-order valence-corrected chi connectivity index (χ3v) is 8.35. The lowest BCUT2D eigenvalue weighted by Crippen LogP contribution is -2.00. The monoisotopic (exact) mass is 537 g/mol.